The number of aryl methyl sites for hydroxylation is 1. The van der Waals surface area contributed by atoms with Crippen LogP contribution < -0.4 is 0 Å². The van der Waals surface area contributed by atoms with Crippen molar-refractivity contribution in [2.45, 2.75) is 13.8 Å². The third-order valence-corrected chi connectivity index (χ3v) is 2.71. The van der Waals surface area contributed by atoms with Crippen LogP contribution in [0.25, 0.3) is 5.69 Å². The molecule has 3 nitrogen and oxygen atoms in total. The first-order valence-corrected chi connectivity index (χ1v) is 5.07. The van der Waals surface area contributed by atoms with Crippen molar-refractivity contribution >= 4 is 6.29 Å². The molecular weight excluding hydrogens is 202 g/mol. The summed E-state index contributed by atoms with van der Waals surface area (Å²) in [6, 6.07) is 8.77. The van der Waals surface area contributed by atoms with Gasteiger partial charge in [-0.1, -0.05) is 0 Å². The number of carbonyl (C=O) groups is 1. The maximum Gasteiger partial charge on any atom is 0.151 e. The number of aromatic nitrogens is 1. The van der Waals surface area contributed by atoms with Crippen LogP contribution in [0.2, 0.25) is 0 Å². The van der Waals surface area contributed by atoms with Crippen LogP contribution in [0.4, 0.5) is 0 Å². The molecule has 0 fully saturated rings. The molecule has 0 saturated carbocycles. The minimum absolute atomic E-state index is 0.238. The average molecular weight is 215 g/mol. The first-order chi connectivity index (χ1) is 7.63. The highest BCUT2D eigenvalue weighted by molar-refractivity contribution is 5.77. The topological polar surface area (TPSA) is 42.2 Å². The summed E-state index contributed by atoms with van der Waals surface area (Å²) in [6.07, 6.45) is 0.860. The number of benzene rings is 1. The van der Waals surface area contributed by atoms with Gasteiger partial charge in [0.2, 0.25) is 0 Å². The molecule has 1 N–H and O–H groups in total. The first kappa shape index (κ1) is 10.5. The second-order valence-electron chi connectivity index (χ2n) is 3.80. The zero-order chi connectivity index (χ0) is 11.7. The molecule has 0 aliphatic rings. The molecule has 1 aromatic heterocycles. The van der Waals surface area contributed by atoms with Crippen molar-refractivity contribution in [3.05, 3.63) is 47.3 Å². The van der Waals surface area contributed by atoms with Crippen LogP contribution in [0.1, 0.15) is 21.7 Å². The van der Waals surface area contributed by atoms with E-state index in [9.17, 15) is 9.90 Å². The molecule has 0 spiro atoms. The second kappa shape index (κ2) is 3.85. The Morgan fingerprint density at radius 1 is 1.19 bits per heavy atom. The monoisotopic (exact) mass is 215 g/mol. The summed E-state index contributed by atoms with van der Waals surface area (Å²) in [4.78, 5) is 10.8. The van der Waals surface area contributed by atoms with E-state index < -0.39 is 0 Å². The van der Waals surface area contributed by atoms with Crippen molar-refractivity contribution < 1.29 is 9.90 Å². The van der Waals surface area contributed by atoms with Crippen molar-refractivity contribution in [3.8, 4) is 11.4 Å². The van der Waals surface area contributed by atoms with Crippen LogP contribution in [-0.2, 0) is 0 Å². The Bertz CT molecular complexity index is 524. The summed E-state index contributed by atoms with van der Waals surface area (Å²) in [5.41, 5.74) is 3.56. The van der Waals surface area contributed by atoms with Gasteiger partial charge in [-0.25, -0.2) is 0 Å². The lowest BCUT2D eigenvalue weighted by Gasteiger charge is -2.09. The molecule has 2 rings (SSSR count). The van der Waals surface area contributed by atoms with Gasteiger partial charge in [0.05, 0.1) is 0 Å². The minimum atomic E-state index is 0.238. The predicted octanol–water partition coefficient (Wildman–Crippen LogP) is 2.61. The molecular formula is C13H13NO2. The molecule has 1 aromatic carbocycles. The number of hydrogen-bond donors (Lipinski definition) is 1. The Balaban J connectivity index is 2.59. The molecule has 0 saturated heterocycles. The molecule has 0 atom stereocenters. The van der Waals surface area contributed by atoms with Crippen molar-refractivity contribution in [1.29, 1.82) is 0 Å². The van der Waals surface area contributed by atoms with E-state index in [1.807, 2.05) is 36.6 Å². The van der Waals surface area contributed by atoms with Gasteiger partial charge in [0, 0.05) is 22.6 Å². The lowest BCUT2D eigenvalue weighted by Crippen LogP contribution is -1.98. The molecule has 0 aliphatic heterocycles. The van der Waals surface area contributed by atoms with Gasteiger partial charge in [-0.2, -0.15) is 0 Å². The molecule has 1 heterocycles. The van der Waals surface area contributed by atoms with E-state index in [2.05, 4.69) is 0 Å². The summed E-state index contributed by atoms with van der Waals surface area (Å²) in [5, 5.41) is 9.23. The SMILES string of the molecule is Cc1cc(C=O)c(C)n1-c1ccc(O)cc1. The Morgan fingerprint density at radius 2 is 1.81 bits per heavy atom. The minimum Gasteiger partial charge on any atom is -0.508 e. The number of nitrogens with zero attached hydrogens (tertiary/aromatic N) is 1. The van der Waals surface area contributed by atoms with Gasteiger partial charge in [-0.05, 0) is 44.2 Å². The maximum absolute atomic E-state index is 10.8. The van der Waals surface area contributed by atoms with Crippen LogP contribution in [-0.4, -0.2) is 16.0 Å². The predicted molar refractivity (Wildman–Crippen MR) is 62.3 cm³/mol. The van der Waals surface area contributed by atoms with E-state index in [0.717, 1.165) is 23.4 Å². The molecule has 0 aliphatic carbocycles. The Morgan fingerprint density at radius 3 is 2.31 bits per heavy atom. The number of rotatable bonds is 2. The van der Waals surface area contributed by atoms with E-state index in [1.165, 1.54) is 0 Å². The summed E-state index contributed by atoms with van der Waals surface area (Å²) in [5.74, 6) is 0.238. The van der Waals surface area contributed by atoms with Crippen molar-refractivity contribution in [2.75, 3.05) is 0 Å². The number of aldehydes is 1. The number of aromatic hydroxyl groups is 1. The largest absolute Gasteiger partial charge is 0.508 e. The van der Waals surface area contributed by atoms with E-state index in [1.54, 1.807) is 12.1 Å². The fourth-order valence-electron chi connectivity index (χ4n) is 1.91. The number of phenolic OH excluding ortho intramolecular Hbond substituents is 1. The Labute approximate surface area is 94.0 Å². The highest BCUT2D eigenvalue weighted by atomic mass is 16.3. The average Bonchev–Trinajstić information content (AvgIpc) is 2.56. The number of hydrogen-bond acceptors (Lipinski definition) is 2. The van der Waals surface area contributed by atoms with E-state index in [4.69, 9.17) is 0 Å². The fraction of sp³-hybridized carbons (Fsp3) is 0.154. The van der Waals surface area contributed by atoms with Gasteiger partial charge in [0.15, 0.2) is 6.29 Å². The molecule has 82 valence electrons. The molecule has 2 aromatic rings. The third-order valence-electron chi connectivity index (χ3n) is 2.71. The Hall–Kier alpha value is -2.03. The standard InChI is InChI=1S/C13H13NO2/c1-9-7-11(8-15)10(2)14(9)12-3-5-13(16)6-4-12/h3-8,16H,1-2H3. The number of phenols is 1. The summed E-state index contributed by atoms with van der Waals surface area (Å²) in [7, 11) is 0. The van der Waals surface area contributed by atoms with E-state index in [-0.39, 0.29) is 5.75 Å². The number of carbonyl (C=O) groups excluding carboxylic acids is 1. The quantitative estimate of drug-likeness (QED) is 0.782. The summed E-state index contributed by atoms with van der Waals surface area (Å²) < 4.78 is 1.99. The van der Waals surface area contributed by atoms with Gasteiger partial charge in [-0.3, -0.25) is 4.79 Å². The molecule has 0 unspecified atom stereocenters. The molecule has 16 heavy (non-hydrogen) atoms. The lowest BCUT2D eigenvalue weighted by atomic mass is 10.2. The fourth-order valence-corrected chi connectivity index (χ4v) is 1.91. The van der Waals surface area contributed by atoms with Gasteiger partial charge in [0.25, 0.3) is 0 Å². The summed E-state index contributed by atoms with van der Waals surface area (Å²) >= 11 is 0. The highest BCUT2D eigenvalue weighted by Gasteiger charge is 2.09. The molecule has 0 bridgehead atoms. The van der Waals surface area contributed by atoms with Gasteiger partial charge < -0.3 is 9.67 Å². The van der Waals surface area contributed by atoms with Gasteiger partial charge in [0.1, 0.15) is 5.75 Å². The zero-order valence-corrected chi connectivity index (χ0v) is 9.27. The van der Waals surface area contributed by atoms with Crippen LogP contribution in [0.15, 0.2) is 30.3 Å². The zero-order valence-electron chi connectivity index (χ0n) is 9.27. The first-order valence-electron chi connectivity index (χ1n) is 5.07. The third kappa shape index (κ3) is 1.60. The van der Waals surface area contributed by atoms with E-state index in [0.29, 0.717) is 5.56 Å². The van der Waals surface area contributed by atoms with Crippen LogP contribution in [0.3, 0.4) is 0 Å². The van der Waals surface area contributed by atoms with Crippen molar-refractivity contribution in [2.24, 2.45) is 0 Å². The van der Waals surface area contributed by atoms with Crippen molar-refractivity contribution in [3.63, 3.8) is 0 Å². The molecule has 0 amide bonds. The maximum atomic E-state index is 10.8. The van der Waals surface area contributed by atoms with Crippen LogP contribution in [0.5, 0.6) is 5.75 Å². The highest BCUT2D eigenvalue weighted by Crippen LogP contribution is 2.21. The van der Waals surface area contributed by atoms with E-state index >= 15 is 0 Å². The second-order valence-corrected chi connectivity index (χ2v) is 3.80. The normalized spacial score (nSPS) is 10.4. The van der Waals surface area contributed by atoms with Gasteiger partial charge >= 0.3 is 0 Å². The molecule has 0 radical (unpaired) electrons. The summed E-state index contributed by atoms with van der Waals surface area (Å²) in [6.45, 7) is 3.86. The van der Waals surface area contributed by atoms with Crippen molar-refractivity contribution in [1.82, 2.24) is 4.57 Å². The lowest BCUT2D eigenvalue weighted by molar-refractivity contribution is 0.112. The molecule has 3 heteroatoms. The Kier molecular flexibility index (Phi) is 2.52. The smallest absolute Gasteiger partial charge is 0.151 e. The van der Waals surface area contributed by atoms with Gasteiger partial charge in [-0.15, -0.1) is 0 Å². The van der Waals surface area contributed by atoms with Crippen LogP contribution in [0, 0.1) is 13.8 Å². The van der Waals surface area contributed by atoms with Crippen LogP contribution >= 0.6 is 0 Å².